The van der Waals surface area contributed by atoms with Crippen LogP contribution in [0.2, 0.25) is 0 Å². The lowest BCUT2D eigenvalue weighted by atomic mass is 9.75. The molecule has 0 aliphatic heterocycles. The first-order chi connectivity index (χ1) is 11.2. The van der Waals surface area contributed by atoms with E-state index >= 15 is 0 Å². The Bertz CT molecular complexity index is 756. The summed E-state index contributed by atoms with van der Waals surface area (Å²) in [7, 11) is 0. The number of ketones is 1. The van der Waals surface area contributed by atoms with Gasteiger partial charge in [-0.1, -0.05) is 26.0 Å². The van der Waals surface area contributed by atoms with E-state index in [1.54, 1.807) is 38.3 Å². The predicted molar refractivity (Wildman–Crippen MR) is 91.4 cm³/mol. The second-order valence-electron chi connectivity index (χ2n) is 6.42. The standard InChI is InChI=1S/C18H20FNO3S/c1-11(2)18(3,17(22)23)9-15(21)8-14-10-24-16(20-14)12-5-4-6-13(19)7-12/h4-7,10-11H,8-9H2,1-3H3,(H,22,23). The minimum atomic E-state index is -1.08. The van der Waals surface area contributed by atoms with Gasteiger partial charge in [-0.2, -0.15) is 0 Å². The van der Waals surface area contributed by atoms with Gasteiger partial charge >= 0.3 is 5.97 Å². The smallest absolute Gasteiger partial charge is 0.310 e. The molecule has 0 fully saturated rings. The number of Topliss-reactive ketones (excluding diaryl/α,β-unsaturated/α-hetero) is 1. The van der Waals surface area contributed by atoms with Gasteiger partial charge in [0.2, 0.25) is 0 Å². The number of carboxylic acids is 1. The molecule has 2 aromatic rings. The molecule has 1 aromatic carbocycles. The summed E-state index contributed by atoms with van der Waals surface area (Å²) in [5, 5.41) is 11.8. The van der Waals surface area contributed by atoms with Gasteiger partial charge in [0.1, 0.15) is 16.6 Å². The van der Waals surface area contributed by atoms with Crippen LogP contribution in [0.15, 0.2) is 29.6 Å². The molecule has 1 unspecified atom stereocenters. The molecule has 1 atom stereocenters. The molecule has 0 amide bonds. The zero-order chi connectivity index (χ0) is 17.9. The third kappa shape index (κ3) is 4.06. The lowest BCUT2D eigenvalue weighted by Gasteiger charge is -2.28. The average Bonchev–Trinajstić information content (AvgIpc) is 2.95. The summed E-state index contributed by atoms with van der Waals surface area (Å²) in [5.74, 6) is -1.62. The van der Waals surface area contributed by atoms with E-state index in [-0.39, 0.29) is 30.4 Å². The van der Waals surface area contributed by atoms with Crippen LogP contribution in [0.4, 0.5) is 4.39 Å². The van der Waals surface area contributed by atoms with Crippen LogP contribution in [0.1, 0.15) is 32.9 Å². The zero-order valence-corrected chi connectivity index (χ0v) is 14.7. The number of benzene rings is 1. The highest BCUT2D eigenvalue weighted by atomic mass is 32.1. The van der Waals surface area contributed by atoms with Crippen LogP contribution >= 0.6 is 11.3 Å². The molecule has 0 saturated carbocycles. The number of halogens is 1. The SMILES string of the molecule is CC(C)C(C)(CC(=O)Cc1csc(-c2cccc(F)c2)n1)C(=O)O. The highest BCUT2D eigenvalue weighted by Gasteiger charge is 2.38. The van der Waals surface area contributed by atoms with Crippen molar-refractivity contribution >= 4 is 23.1 Å². The van der Waals surface area contributed by atoms with Crippen LogP contribution in [0, 0.1) is 17.2 Å². The molecule has 24 heavy (non-hydrogen) atoms. The predicted octanol–water partition coefficient (Wildman–Crippen LogP) is 4.20. The topological polar surface area (TPSA) is 67.3 Å². The molecule has 0 aliphatic carbocycles. The Balaban J connectivity index is 2.09. The van der Waals surface area contributed by atoms with E-state index in [1.807, 2.05) is 0 Å². The molecule has 1 heterocycles. The van der Waals surface area contributed by atoms with Gasteiger partial charge in [-0.15, -0.1) is 11.3 Å². The molecule has 2 rings (SSSR count). The van der Waals surface area contributed by atoms with Crippen LogP contribution in [0.3, 0.4) is 0 Å². The molecule has 0 spiro atoms. The Labute approximate surface area is 144 Å². The minimum Gasteiger partial charge on any atom is -0.481 e. The number of carboxylic acid groups (broad SMARTS) is 1. The van der Waals surface area contributed by atoms with Crippen LogP contribution in [0.25, 0.3) is 10.6 Å². The van der Waals surface area contributed by atoms with Crippen molar-refractivity contribution in [1.82, 2.24) is 4.98 Å². The molecule has 0 radical (unpaired) electrons. The first kappa shape index (κ1) is 18.3. The van der Waals surface area contributed by atoms with Gasteiger partial charge in [-0.25, -0.2) is 9.37 Å². The maximum atomic E-state index is 13.3. The van der Waals surface area contributed by atoms with Crippen molar-refractivity contribution in [2.75, 3.05) is 0 Å². The second kappa shape index (κ2) is 7.21. The quantitative estimate of drug-likeness (QED) is 0.813. The van der Waals surface area contributed by atoms with Crippen molar-refractivity contribution in [3.8, 4) is 10.6 Å². The van der Waals surface area contributed by atoms with E-state index in [1.165, 1.54) is 23.5 Å². The number of nitrogens with zero attached hydrogens (tertiary/aromatic N) is 1. The Morgan fingerprint density at radius 3 is 2.67 bits per heavy atom. The van der Waals surface area contributed by atoms with Crippen molar-refractivity contribution in [2.24, 2.45) is 11.3 Å². The molecule has 1 N–H and O–H groups in total. The molecular formula is C18H20FNO3S. The number of aromatic nitrogens is 1. The van der Waals surface area contributed by atoms with E-state index < -0.39 is 11.4 Å². The summed E-state index contributed by atoms with van der Waals surface area (Å²) in [6.45, 7) is 5.19. The van der Waals surface area contributed by atoms with Gasteiger partial charge in [-0.3, -0.25) is 9.59 Å². The number of aliphatic carboxylic acids is 1. The van der Waals surface area contributed by atoms with Crippen molar-refractivity contribution < 1.29 is 19.1 Å². The number of thiazole rings is 1. The number of rotatable bonds is 7. The summed E-state index contributed by atoms with van der Waals surface area (Å²) in [6.07, 6.45) is 0.0498. The molecule has 128 valence electrons. The van der Waals surface area contributed by atoms with Gasteiger partial charge in [0.05, 0.1) is 11.1 Å². The molecular weight excluding hydrogens is 329 g/mol. The fraction of sp³-hybridized carbons (Fsp3) is 0.389. The fourth-order valence-corrected chi connectivity index (χ4v) is 3.16. The van der Waals surface area contributed by atoms with Crippen LogP contribution in [-0.2, 0) is 16.0 Å². The summed E-state index contributed by atoms with van der Waals surface area (Å²) >= 11 is 1.34. The van der Waals surface area contributed by atoms with Gasteiger partial charge in [0.25, 0.3) is 0 Å². The molecule has 0 bridgehead atoms. The lowest BCUT2D eigenvalue weighted by molar-refractivity contribution is -0.153. The molecule has 0 aliphatic rings. The van der Waals surface area contributed by atoms with Crippen molar-refractivity contribution in [2.45, 2.75) is 33.6 Å². The Kier molecular flexibility index (Phi) is 5.49. The van der Waals surface area contributed by atoms with Crippen LogP contribution in [0.5, 0.6) is 0 Å². The Morgan fingerprint density at radius 1 is 1.38 bits per heavy atom. The fourth-order valence-electron chi connectivity index (χ4n) is 2.34. The monoisotopic (exact) mass is 349 g/mol. The average molecular weight is 349 g/mol. The maximum absolute atomic E-state index is 13.3. The normalized spacial score (nSPS) is 13.7. The molecule has 0 saturated heterocycles. The molecule has 6 heteroatoms. The number of hydrogen-bond acceptors (Lipinski definition) is 4. The van der Waals surface area contributed by atoms with Gasteiger partial charge in [0.15, 0.2) is 0 Å². The third-order valence-electron chi connectivity index (χ3n) is 4.33. The van der Waals surface area contributed by atoms with Gasteiger partial charge in [-0.05, 0) is 25.0 Å². The highest BCUT2D eigenvalue weighted by Crippen LogP contribution is 2.32. The third-order valence-corrected chi connectivity index (χ3v) is 5.27. The van der Waals surface area contributed by atoms with Crippen molar-refractivity contribution in [1.29, 1.82) is 0 Å². The van der Waals surface area contributed by atoms with Crippen molar-refractivity contribution in [3.05, 3.63) is 41.2 Å². The van der Waals surface area contributed by atoms with Crippen LogP contribution < -0.4 is 0 Å². The molecule has 1 aromatic heterocycles. The zero-order valence-electron chi connectivity index (χ0n) is 13.9. The highest BCUT2D eigenvalue weighted by molar-refractivity contribution is 7.13. The summed E-state index contributed by atoms with van der Waals surface area (Å²) in [6, 6.07) is 6.12. The van der Waals surface area contributed by atoms with E-state index in [9.17, 15) is 19.1 Å². The number of carbonyl (C=O) groups excluding carboxylic acids is 1. The number of carbonyl (C=O) groups is 2. The van der Waals surface area contributed by atoms with Crippen LogP contribution in [-0.4, -0.2) is 21.8 Å². The summed E-state index contributed by atoms with van der Waals surface area (Å²) in [5.41, 5.74) is 0.162. The second-order valence-corrected chi connectivity index (χ2v) is 7.28. The van der Waals surface area contributed by atoms with E-state index in [2.05, 4.69) is 4.98 Å². The summed E-state index contributed by atoms with van der Waals surface area (Å²) in [4.78, 5) is 28.1. The Hall–Kier alpha value is -2.08. The lowest BCUT2D eigenvalue weighted by Crippen LogP contribution is -2.35. The molecule has 4 nitrogen and oxygen atoms in total. The summed E-state index contributed by atoms with van der Waals surface area (Å²) < 4.78 is 13.3. The Morgan fingerprint density at radius 2 is 2.08 bits per heavy atom. The maximum Gasteiger partial charge on any atom is 0.310 e. The number of hydrogen-bond donors (Lipinski definition) is 1. The minimum absolute atomic E-state index is 0.0349. The largest absolute Gasteiger partial charge is 0.481 e. The van der Waals surface area contributed by atoms with Gasteiger partial charge < -0.3 is 5.11 Å². The van der Waals surface area contributed by atoms with Gasteiger partial charge in [0, 0.05) is 23.8 Å². The van der Waals surface area contributed by atoms with E-state index in [0.717, 1.165) is 0 Å². The first-order valence-corrected chi connectivity index (χ1v) is 8.56. The van der Waals surface area contributed by atoms with E-state index in [0.29, 0.717) is 16.3 Å². The van der Waals surface area contributed by atoms with Crippen molar-refractivity contribution in [3.63, 3.8) is 0 Å². The van der Waals surface area contributed by atoms with E-state index in [4.69, 9.17) is 0 Å². The first-order valence-electron chi connectivity index (χ1n) is 7.68.